The maximum Gasteiger partial charge on any atom is -0.0236 e. The predicted molar refractivity (Wildman–Crippen MR) is 43.4 cm³/mol. The maximum atomic E-state index is 2.30. The lowest BCUT2D eigenvalue weighted by Crippen LogP contribution is -2.02. The summed E-state index contributed by atoms with van der Waals surface area (Å²) < 4.78 is 0. The van der Waals surface area contributed by atoms with Gasteiger partial charge in [0.2, 0.25) is 0 Å². The van der Waals surface area contributed by atoms with E-state index in [0.717, 1.165) is 11.8 Å². The monoisotopic (exact) mass is 126 g/mol. The minimum Gasteiger partial charge on any atom is -0.0914 e. The van der Waals surface area contributed by atoms with Crippen LogP contribution in [0, 0.1) is 11.8 Å². The molecule has 0 aromatic rings. The van der Waals surface area contributed by atoms with Crippen LogP contribution in [0.1, 0.15) is 34.1 Å². The van der Waals surface area contributed by atoms with E-state index in [1.54, 1.807) is 0 Å². The fourth-order valence-electron chi connectivity index (χ4n) is 0.865. The van der Waals surface area contributed by atoms with Crippen molar-refractivity contribution in [3.63, 3.8) is 0 Å². The van der Waals surface area contributed by atoms with E-state index >= 15 is 0 Å². The summed E-state index contributed by atoms with van der Waals surface area (Å²) in [6.07, 6.45) is 5.69. The van der Waals surface area contributed by atoms with E-state index in [4.69, 9.17) is 0 Å². The lowest BCUT2D eigenvalue weighted by atomic mass is 9.93. The van der Waals surface area contributed by atoms with E-state index in [0.29, 0.717) is 0 Å². The van der Waals surface area contributed by atoms with Crippen molar-refractivity contribution in [3.8, 4) is 0 Å². The number of allylic oxidation sites excluding steroid dienone is 2. The van der Waals surface area contributed by atoms with Gasteiger partial charge >= 0.3 is 0 Å². The van der Waals surface area contributed by atoms with Crippen LogP contribution in [0.25, 0.3) is 0 Å². The molecule has 0 aromatic carbocycles. The topological polar surface area (TPSA) is 0 Å². The fourth-order valence-corrected chi connectivity index (χ4v) is 0.865. The van der Waals surface area contributed by atoms with E-state index in [1.807, 2.05) is 0 Å². The highest BCUT2D eigenvalue weighted by Gasteiger charge is 2.04. The first-order chi connectivity index (χ1) is 4.22. The minimum absolute atomic E-state index is 0.750. The molecule has 0 aliphatic rings. The van der Waals surface area contributed by atoms with Gasteiger partial charge in [0.1, 0.15) is 0 Å². The third kappa shape index (κ3) is 3.34. The molecule has 0 aliphatic heterocycles. The molecule has 0 aliphatic carbocycles. The molecule has 0 saturated heterocycles. The molecule has 54 valence electrons. The predicted octanol–water partition coefficient (Wildman–Crippen LogP) is 3.24. The molecule has 0 bridgehead atoms. The zero-order valence-electron chi connectivity index (χ0n) is 7.02. The van der Waals surface area contributed by atoms with Crippen LogP contribution in [0.15, 0.2) is 12.2 Å². The summed E-state index contributed by atoms with van der Waals surface area (Å²) in [5.41, 5.74) is 0. The van der Waals surface area contributed by atoms with Crippen molar-refractivity contribution in [1.82, 2.24) is 0 Å². The molecule has 0 rings (SSSR count). The van der Waals surface area contributed by atoms with E-state index < -0.39 is 0 Å². The highest BCUT2D eigenvalue weighted by molar-refractivity contribution is 4.84. The van der Waals surface area contributed by atoms with Gasteiger partial charge in [0, 0.05) is 0 Å². The molecule has 0 aromatic heterocycles. The lowest BCUT2D eigenvalue weighted by Gasteiger charge is -2.12. The first-order valence-corrected chi connectivity index (χ1v) is 3.85. The third-order valence-corrected chi connectivity index (χ3v) is 2.04. The fraction of sp³-hybridized carbons (Fsp3) is 0.778. The smallest absolute Gasteiger partial charge is 0.0236 e. The Bertz CT molecular complexity index is 82.0. The molecule has 0 N–H and O–H groups in total. The maximum absolute atomic E-state index is 2.30. The van der Waals surface area contributed by atoms with E-state index in [1.165, 1.54) is 6.42 Å². The summed E-state index contributed by atoms with van der Waals surface area (Å²) >= 11 is 0. The van der Waals surface area contributed by atoms with Crippen LogP contribution in [-0.4, -0.2) is 0 Å². The van der Waals surface area contributed by atoms with Crippen LogP contribution in [0.3, 0.4) is 0 Å². The second kappa shape index (κ2) is 4.60. The van der Waals surface area contributed by atoms with Crippen molar-refractivity contribution in [3.05, 3.63) is 12.2 Å². The minimum atomic E-state index is 0.750. The summed E-state index contributed by atoms with van der Waals surface area (Å²) in [5.74, 6) is 1.58. The van der Waals surface area contributed by atoms with Crippen molar-refractivity contribution in [2.45, 2.75) is 34.1 Å². The first kappa shape index (κ1) is 8.74. The van der Waals surface area contributed by atoms with Crippen LogP contribution in [0.2, 0.25) is 0 Å². The summed E-state index contributed by atoms with van der Waals surface area (Å²) in [6.45, 7) is 8.89. The molecule has 0 fully saturated rings. The molecule has 0 nitrogen and oxygen atoms in total. The van der Waals surface area contributed by atoms with Crippen molar-refractivity contribution >= 4 is 0 Å². The first-order valence-electron chi connectivity index (χ1n) is 3.85. The van der Waals surface area contributed by atoms with Crippen LogP contribution >= 0.6 is 0 Å². The molecular formula is C9H18. The number of hydrogen-bond donors (Lipinski definition) is 0. The number of rotatable bonds is 3. The molecule has 0 saturated carbocycles. The van der Waals surface area contributed by atoms with Gasteiger partial charge in [-0.15, -0.1) is 0 Å². The Balaban J connectivity index is 3.58. The van der Waals surface area contributed by atoms with Crippen LogP contribution in [0.4, 0.5) is 0 Å². The molecule has 2 atom stereocenters. The Morgan fingerprint density at radius 1 is 1.33 bits per heavy atom. The third-order valence-electron chi connectivity index (χ3n) is 2.04. The zero-order valence-corrected chi connectivity index (χ0v) is 7.02. The van der Waals surface area contributed by atoms with Gasteiger partial charge in [-0.1, -0.05) is 39.3 Å². The Morgan fingerprint density at radius 2 is 1.89 bits per heavy atom. The van der Waals surface area contributed by atoms with E-state index in [9.17, 15) is 0 Å². The van der Waals surface area contributed by atoms with Crippen LogP contribution in [0.5, 0.6) is 0 Å². The summed E-state index contributed by atoms with van der Waals surface area (Å²) in [4.78, 5) is 0. The van der Waals surface area contributed by atoms with Gasteiger partial charge in [0.25, 0.3) is 0 Å². The highest BCUT2D eigenvalue weighted by atomic mass is 14.1. The molecular weight excluding hydrogens is 108 g/mol. The van der Waals surface area contributed by atoms with Crippen molar-refractivity contribution in [2.24, 2.45) is 11.8 Å². The highest BCUT2D eigenvalue weighted by Crippen LogP contribution is 2.14. The van der Waals surface area contributed by atoms with Gasteiger partial charge in [-0.2, -0.15) is 0 Å². The van der Waals surface area contributed by atoms with E-state index in [-0.39, 0.29) is 0 Å². The van der Waals surface area contributed by atoms with Gasteiger partial charge in [-0.25, -0.2) is 0 Å². The molecule has 2 unspecified atom stereocenters. The van der Waals surface area contributed by atoms with Gasteiger partial charge in [0.05, 0.1) is 0 Å². The van der Waals surface area contributed by atoms with Gasteiger partial charge in [-0.05, 0) is 18.8 Å². The molecule has 9 heavy (non-hydrogen) atoms. The molecule has 0 heterocycles. The summed E-state index contributed by atoms with van der Waals surface area (Å²) in [5, 5.41) is 0. The molecule has 0 heteroatoms. The van der Waals surface area contributed by atoms with Crippen molar-refractivity contribution < 1.29 is 0 Å². The van der Waals surface area contributed by atoms with Gasteiger partial charge < -0.3 is 0 Å². The van der Waals surface area contributed by atoms with Crippen LogP contribution < -0.4 is 0 Å². The Morgan fingerprint density at radius 3 is 2.22 bits per heavy atom. The second-order valence-electron chi connectivity index (χ2n) is 2.77. The Hall–Kier alpha value is -0.260. The lowest BCUT2D eigenvalue weighted by molar-refractivity contribution is 0.446. The standard InChI is InChI=1S/C9H18/c1-5-7-9(4)8(3)6-2/h5,7-9H,6H2,1-4H3/b7-5+. The largest absolute Gasteiger partial charge is 0.0914 e. The number of hydrogen-bond acceptors (Lipinski definition) is 0. The average molecular weight is 126 g/mol. The SMILES string of the molecule is C/C=C/C(C)C(C)CC. The van der Waals surface area contributed by atoms with Crippen LogP contribution in [-0.2, 0) is 0 Å². The zero-order chi connectivity index (χ0) is 7.28. The molecule has 0 radical (unpaired) electrons. The Labute approximate surface area is 59.0 Å². The van der Waals surface area contributed by atoms with Crippen molar-refractivity contribution in [2.75, 3.05) is 0 Å². The Kier molecular flexibility index (Phi) is 4.47. The molecule has 0 spiro atoms. The van der Waals surface area contributed by atoms with Gasteiger partial charge in [0.15, 0.2) is 0 Å². The van der Waals surface area contributed by atoms with Crippen molar-refractivity contribution in [1.29, 1.82) is 0 Å². The molecule has 0 amide bonds. The average Bonchev–Trinajstić information content (AvgIpc) is 1.87. The summed E-state index contributed by atoms with van der Waals surface area (Å²) in [7, 11) is 0. The second-order valence-corrected chi connectivity index (χ2v) is 2.77. The van der Waals surface area contributed by atoms with Gasteiger partial charge in [-0.3, -0.25) is 0 Å². The normalized spacial score (nSPS) is 18.2. The quantitative estimate of drug-likeness (QED) is 0.509. The van der Waals surface area contributed by atoms with E-state index in [2.05, 4.69) is 39.8 Å². The summed E-state index contributed by atoms with van der Waals surface area (Å²) in [6, 6.07) is 0.